The van der Waals surface area contributed by atoms with Crippen LogP contribution in [0.1, 0.15) is 11.3 Å². The number of esters is 1. The summed E-state index contributed by atoms with van der Waals surface area (Å²) in [6.07, 6.45) is 3.16. The van der Waals surface area contributed by atoms with E-state index in [2.05, 4.69) is 15.8 Å². The van der Waals surface area contributed by atoms with Crippen LogP contribution < -0.4 is 0 Å². The number of fused-ring (bicyclic) bond motifs is 1. The second kappa shape index (κ2) is 4.23. The number of aromatic nitrogens is 1. The zero-order valence-electron chi connectivity index (χ0n) is 9.28. The maximum Gasteiger partial charge on any atom is 0.330 e. The second-order valence-electron chi connectivity index (χ2n) is 3.66. The minimum absolute atomic E-state index is 0.342. The van der Waals surface area contributed by atoms with E-state index in [0.29, 0.717) is 0 Å². The fraction of sp³-hybridized carbons (Fsp3) is 0.154. The van der Waals surface area contributed by atoms with Crippen molar-refractivity contribution in [2.24, 2.45) is 0 Å². The van der Waals surface area contributed by atoms with Gasteiger partial charge in [-0.3, -0.25) is 0 Å². The third-order valence-corrected chi connectivity index (χ3v) is 2.39. The maximum absolute atomic E-state index is 10.9. The molecule has 0 aliphatic rings. The molecule has 0 aliphatic heterocycles. The smallest absolute Gasteiger partial charge is 0.330 e. The summed E-state index contributed by atoms with van der Waals surface area (Å²) in [5, 5.41) is 1.14. The van der Waals surface area contributed by atoms with Gasteiger partial charge in [-0.25, -0.2) is 4.79 Å². The zero-order valence-corrected chi connectivity index (χ0v) is 9.28. The number of methoxy groups -OCH3 is 1. The summed E-state index contributed by atoms with van der Waals surface area (Å²) in [5.41, 5.74) is 3.22. The average Bonchev–Trinajstić information content (AvgIpc) is 2.65. The first-order valence-corrected chi connectivity index (χ1v) is 5.04. The Hall–Kier alpha value is -2.03. The summed E-state index contributed by atoms with van der Waals surface area (Å²) >= 11 is 0. The normalized spacial score (nSPS) is 11.1. The van der Waals surface area contributed by atoms with Crippen LogP contribution in [0.2, 0.25) is 0 Å². The van der Waals surface area contributed by atoms with Gasteiger partial charge >= 0.3 is 5.97 Å². The molecule has 82 valence electrons. The maximum atomic E-state index is 10.9. The first-order valence-electron chi connectivity index (χ1n) is 5.04. The molecule has 0 saturated carbocycles. The van der Waals surface area contributed by atoms with E-state index < -0.39 is 0 Å². The number of rotatable bonds is 2. The summed E-state index contributed by atoms with van der Waals surface area (Å²) in [6, 6.07) is 8.06. The molecule has 2 rings (SSSR count). The molecule has 0 saturated heterocycles. The third-order valence-electron chi connectivity index (χ3n) is 2.39. The zero-order chi connectivity index (χ0) is 11.5. The molecule has 0 fully saturated rings. The molecule has 3 heteroatoms. The number of benzene rings is 1. The minimum atomic E-state index is -0.342. The Kier molecular flexibility index (Phi) is 2.77. The lowest BCUT2D eigenvalue weighted by Gasteiger charge is -1.94. The highest BCUT2D eigenvalue weighted by Gasteiger charge is 1.98. The van der Waals surface area contributed by atoms with Crippen molar-refractivity contribution in [3.05, 3.63) is 41.6 Å². The van der Waals surface area contributed by atoms with Crippen LogP contribution in [0.25, 0.3) is 17.0 Å². The lowest BCUT2D eigenvalue weighted by molar-refractivity contribution is -0.134. The number of aromatic amines is 1. The van der Waals surface area contributed by atoms with E-state index in [4.69, 9.17) is 0 Å². The Labute approximate surface area is 93.7 Å². The van der Waals surface area contributed by atoms with E-state index in [1.807, 2.05) is 25.1 Å². The summed E-state index contributed by atoms with van der Waals surface area (Å²) in [4.78, 5) is 14.2. The Morgan fingerprint density at radius 3 is 2.94 bits per heavy atom. The Bertz CT molecular complexity index is 552. The van der Waals surface area contributed by atoms with Crippen molar-refractivity contribution in [3.8, 4) is 0 Å². The first-order chi connectivity index (χ1) is 7.69. The van der Waals surface area contributed by atoms with Crippen molar-refractivity contribution in [3.63, 3.8) is 0 Å². The van der Waals surface area contributed by atoms with E-state index in [0.717, 1.165) is 22.2 Å². The van der Waals surface area contributed by atoms with Crippen molar-refractivity contribution in [1.29, 1.82) is 0 Å². The van der Waals surface area contributed by atoms with Crippen LogP contribution >= 0.6 is 0 Å². The van der Waals surface area contributed by atoms with Gasteiger partial charge < -0.3 is 9.72 Å². The number of hydrogen-bond donors (Lipinski definition) is 1. The standard InChI is InChI=1S/C13H13NO2/c1-9-7-11-8-10(3-5-12(11)14-9)4-6-13(15)16-2/h3-8,14H,1-2H3/b6-4+. The molecule has 1 heterocycles. The molecule has 1 aromatic heterocycles. The number of nitrogens with one attached hydrogen (secondary N) is 1. The highest BCUT2D eigenvalue weighted by Crippen LogP contribution is 2.17. The third kappa shape index (κ3) is 2.14. The molecule has 0 radical (unpaired) electrons. The fourth-order valence-corrected chi connectivity index (χ4v) is 1.63. The van der Waals surface area contributed by atoms with Crippen LogP contribution in [-0.2, 0) is 9.53 Å². The predicted octanol–water partition coefficient (Wildman–Crippen LogP) is 2.66. The Balaban J connectivity index is 2.32. The lowest BCUT2D eigenvalue weighted by Crippen LogP contribution is -1.93. The van der Waals surface area contributed by atoms with Gasteiger partial charge in [0.25, 0.3) is 0 Å². The number of H-pyrrole nitrogens is 1. The molecule has 0 unspecified atom stereocenters. The molecule has 3 nitrogen and oxygen atoms in total. The SMILES string of the molecule is COC(=O)/C=C/c1ccc2[nH]c(C)cc2c1. The van der Waals surface area contributed by atoms with Gasteiger partial charge in [-0.15, -0.1) is 0 Å². The van der Waals surface area contributed by atoms with Crippen molar-refractivity contribution in [1.82, 2.24) is 4.98 Å². The summed E-state index contributed by atoms with van der Waals surface area (Å²) in [5.74, 6) is -0.342. The van der Waals surface area contributed by atoms with Gasteiger partial charge in [0.15, 0.2) is 0 Å². The summed E-state index contributed by atoms with van der Waals surface area (Å²) in [6.45, 7) is 2.02. The largest absolute Gasteiger partial charge is 0.466 e. The highest BCUT2D eigenvalue weighted by molar-refractivity contribution is 5.89. The van der Waals surface area contributed by atoms with Crippen LogP contribution in [-0.4, -0.2) is 18.1 Å². The molecule has 1 aromatic carbocycles. The summed E-state index contributed by atoms with van der Waals surface area (Å²) in [7, 11) is 1.37. The molecule has 0 amide bonds. The molecule has 0 aliphatic carbocycles. The van der Waals surface area contributed by atoms with Crippen LogP contribution in [0, 0.1) is 6.92 Å². The van der Waals surface area contributed by atoms with E-state index in [1.54, 1.807) is 6.08 Å². The molecular weight excluding hydrogens is 202 g/mol. The topological polar surface area (TPSA) is 42.1 Å². The molecule has 1 N–H and O–H groups in total. The van der Waals surface area contributed by atoms with Gasteiger partial charge in [0.1, 0.15) is 0 Å². The van der Waals surface area contributed by atoms with Gasteiger partial charge in [0.2, 0.25) is 0 Å². The monoisotopic (exact) mass is 215 g/mol. The van der Waals surface area contributed by atoms with Gasteiger partial charge in [-0.05, 0) is 36.8 Å². The van der Waals surface area contributed by atoms with Gasteiger partial charge in [-0.2, -0.15) is 0 Å². The first kappa shape index (κ1) is 10.5. The van der Waals surface area contributed by atoms with Crippen molar-refractivity contribution >= 4 is 22.9 Å². The lowest BCUT2D eigenvalue weighted by atomic mass is 10.1. The van der Waals surface area contributed by atoms with E-state index in [-0.39, 0.29) is 5.97 Å². The number of hydrogen-bond acceptors (Lipinski definition) is 2. The molecular formula is C13H13NO2. The molecule has 0 atom stereocenters. The quantitative estimate of drug-likeness (QED) is 0.618. The number of aryl methyl sites for hydroxylation is 1. The minimum Gasteiger partial charge on any atom is -0.466 e. The second-order valence-corrected chi connectivity index (χ2v) is 3.66. The molecule has 2 aromatic rings. The number of carbonyl (C=O) groups is 1. The van der Waals surface area contributed by atoms with E-state index >= 15 is 0 Å². The number of ether oxygens (including phenoxy) is 1. The predicted molar refractivity (Wildman–Crippen MR) is 64.1 cm³/mol. The molecule has 0 bridgehead atoms. The van der Waals surface area contributed by atoms with Crippen molar-refractivity contribution in [2.45, 2.75) is 6.92 Å². The van der Waals surface area contributed by atoms with Gasteiger partial charge in [0.05, 0.1) is 7.11 Å². The summed E-state index contributed by atoms with van der Waals surface area (Å²) < 4.78 is 4.53. The number of carbonyl (C=O) groups excluding carboxylic acids is 1. The Morgan fingerprint density at radius 1 is 1.38 bits per heavy atom. The van der Waals surface area contributed by atoms with Gasteiger partial charge in [-0.1, -0.05) is 6.07 Å². The van der Waals surface area contributed by atoms with Crippen molar-refractivity contribution in [2.75, 3.05) is 7.11 Å². The van der Waals surface area contributed by atoms with E-state index in [9.17, 15) is 4.79 Å². The average molecular weight is 215 g/mol. The van der Waals surface area contributed by atoms with Gasteiger partial charge in [0, 0.05) is 22.7 Å². The molecule has 0 spiro atoms. The highest BCUT2D eigenvalue weighted by atomic mass is 16.5. The van der Waals surface area contributed by atoms with Crippen LogP contribution in [0.3, 0.4) is 0 Å². The molecule has 16 heavy (non-hydrogen) atoms. The van der Waals surface area contributed by atoms with Crippen LogP contribution in [0.15, 0.2) is 30.3 Å². The van der Waals surface area contributed by atoms with Crippen LogP contribution in [0.4, 0.5) is 0 Å². The van der Waals surface area contributed by atoms with Crippen molar-refractivity contribution < 1.29 is 9.53 Å². The van der Waals surface area contributed by atoms with E-state index in [1.165, 1.54) is 13.2 Å². The Morgan fingerprint density at radius 2 is 2.19 bits per heavy atom. The fourth-order valence-electron chi connectivity index (χ4n) is 1.63. The van der Waals surface area contributed by atoms with Crippen LogP contribution in [0.5, 0.6) is 0 Å².